The second kappa shape index (κ2) is 8.50. The summed E-state index contributed by atoms with van der Waals surface area (Å²) in [7, 11) is 3.99. The van der Waals surface area contributed by atoms with Crippen molar-refractivity contribution in [3.63, 3.8) is 0 Å². The molecule has 1 unspecified atom stereocenters. The lowest BCUT2D eigenvalue weighted by atomic mass is 10.1. The zero-order valence-electron chi connectivity index (χ0n) is 10.8. The van der Waals surface area contributed by atoms with Gasteiger partial charge in [0.25, 0.3) is 0 Å². The van der Waals surface area contributed by atoms with E-state index in [9.17, 15) is 4.79 Å². The number of hydrogen-bond donors (Lipinski definition) is 2. The van der Waals surface area contributed by atoms with E-state index in [1.54, 1.807) is 0 Å². The van der Waals surface area contributed by atoms with E-state index in [0.717, 1.165) is 6.54 Å². The minimum Gasteiger partial charge on any atom is -0.378 e. The third-order valence-electron chi connectivity index (χ3n) is 2.25. The van der Waals surface area contributed by atoms with E-state index < -0.39 is 6.04 Å². The van der Waals surface area contributed by atoms with Crippen LogP contribution in [0.25, 0.3) is 0 Å². The lowest BCUT2D eigenvalue weighted by Crippen LogP contribution is -2.44. The molecular weight excluding hydrogens is 206 g/mol. The zero-order valence-corrected chi connectivity index (χ0v) is 10.8. The molecule has 0 aromatic heterocycles. The predicted molar refractivity (Wildman–Crippen MR) is 65.2 cm³/mol. The Morgan fingerprint density at radius 1 is 1.38 bits per heavy atom. The molecule has 0 saturated carbocycles. The van der Waals surface area contributed by atoms with Gasteiger partial charge in [-0.05, 0) is 20.0 Å². The Balaban J connectivity index is 3.41. The Morgan fingerprint density at radius 2 is 2.00 bits per heavy atom. The molecule has 0 fully saturated rings. The molecule has 0 spiro atoms. The summed E-state index contributed by atoms with van der Waals surface area (Å²) in [5.74, 6) is 0.0564. The van der Waals surface area contributed by atoms with Crippen LogP contribution in [0.3, 0.4) is 0 Å². The summed E-state index contributed by atoms with van der Waals surface area (Å²) in [5, 5.41) is 2.75. The van der Waals surface area contributed by atoms with Gasteiger partial charge in [0, 0.05) is 13.1 Å². The van der Waals surface area contributed by atoms with Crippen molar-refractivity contribution >= 4 is 5.91 Å². The molecule has 16 heavy (non-hydrogen) atoms. The van der Waals surface area contributed by atoms with E-state index >= 15 is 0 Å². The molecule has 5 nitrogen and oxygen atoms in total. The highest BCUT2D eigenvalue weighted by Crippen LogP contribution is 1.97. The topological polar surface area (TPSA) is 67.6 Å². The van der Waals surface area contributed by atoms with Crippen molar-refractivity contribution in [1.82, 2.24) is 10.2 Å². The van der Waals surface area contributed by atoms with Crippen molar-refractivity contribution < 1.29 is 9.53 Å². The molecule has 0 bridgehead atoms. The highest BCUT2D eigenvalue weighted by molar-refractivity contribution is 5.81. The Labute approximate surface area is 98.3 Å². The standard InChI is InChI=1S/C11H25N3O2/c1-9(2)10(12)11(15)13-5-7-16-8-6-14(3)4/h9-10H,5-8,12H2,1-4H3,(H,13,15). The zero-order chi connectivity index (χ0) is 12.6. The molecule has 0 aliphatic heterocycles. The van der Waals surface area contributed by atoms with Crippen molar-refractivity contribution in [3.05, 3.63) is 0 Å². The molecule has 0 aliphatic carbocycles. The summed E-state index contributed by atoms with van der Waals surface area (Å²) >= 11 is 0. The Kier molecular flexibility index (Phi) is 8.15. The van der Waals surface area contributed by atoms with Crippen molar-refractivity contribution in [3.8, 4) is 0 Å². The van der Waals surface area contributed by atoms with Crippen molar-refractivity contribution in [1.29, 1.82) is 0 Å². The van der Waals surface area contributed by atoms with Crippen LogP contribution in [0.5, 0.6) is 0 Å². The first kappa shape index (κ1) is 15.3. The Bertz CT molecular complexity index is 196. The molecule has 5 heteroatoms. The quantitative estimate of drug-likeness (QED) is 0.561. The molecule has 0 radical (unpaired) electrons. The number of ether oxygens (including phenoxy) is 1. The summed E-state index contributed by atoms with van der Waals surface area (Å²) in [6.45, 7) is 6.48. The minimum atomic E-state index is -0.429. The van der Waals surface area contributed by atoms with Crippen LogP contribution >= 0.6 is 0 Å². The number of nitrogens with one attached hydrogen (secondary N) is 1. The van der Waals surface area contributed by atoms with Gasteiger partial charge in [-0.2, -0.15) is 0 Å². The average molecular weight is 231 g/mol. The largest absolute Gasteiger partial charge is 0.378 e. The molecule has 96 valence electrons. The summed E-state index contributed by atoms with van der Waals surface area (Å²) in [6, 6.07) is -0.429. The van der Waals surface area contributed by atoms with Gasteiger partial charge in [0.05, 0.1) is 19.3 Å². The van der Waals surface area contributed by atoms with Gasteiger partial charge in [-0.3, -0.25) is 4.79 Å². The molecule has 0 aromatic carbocycles. The number of carbonyl (C=O) groups is 1. The second-order valence-electron chi connectivity index (χ2n) is 4.48. The van der Waals surface area contributed by atoms with Crippen LogP contribution in [0.1, 0.15) is 13.8 Å². The molecule has 0 saturated heterocycles. The highest BCUT2D eigenvalue weighted by Gasteiger charge is 2.15. The predicted octanol–water partition coefficient (Wildman–Crippen LogP) is -0.336. The summed E-state index contributed by atoms with van der Waals surface area (Å²) in [6.07, 6.45) is 0. The summed E-state index contributed by atoms with van der Waals surface area (Å²) in [4.78, 5) is 13.5. The van der Waals surface area contributed by atoms with E-state index in [-0.39, 0.29) is 11.8 Å². The molecule has 0 heterocycles. The molecule has 0 rings (SSSR count). The second-order valence-corrected chi connectivity index (χ2v) is 4.48. The number of likely N-dealkylation sites (N-methyl/N-ethyl adjacent to an activating group) is 1. The maximum Gasteiger partial charge on any atom is 0.237 e. The first-order valence-corrected chi connectivity index (χ1v) is 5.71. The fourth-order valence-electron chi connectivity index (χ4n) is 1.02. The van der Waals surface area contributed by atoms with Gasteiger partial charge in [-0.25, -0.2) is 0 Å². The van der Waals surface area contributed by atoms with Gasteiger partial charge in [-0.15, -0.1) is 0 Å². The number of rotatable bonds is 8. The first-order chi connectivity index (χ1) is 7.45. The average Bonchev–Trinajstić information content (AvgIpc) is 2.21. The number of amides is 1. The van der Waals surface area contributed by atoms with Crippen molar-refractivity contribution in [2.24, 2.45) is 11.7 Å². The molecule has 0 aromatic rings. The first-order valence-electron chi connectivity index (χ1n) is 5.71. The third kappa shape index (κ3) is 7.62. The molecule has 1 amide bonds. The van der Waals surface area contributed by atoms with Gasteiger partial charge >= 0.3 is 0 Å². The van der Waals surface area contributed by atoms with Gasteiger partial charge in [0.15, 0.2) is 0 Å². The van der Waals surface area contributed by atoms with Crippen LogP contribution in [0, 0.1) is 5.92 Å². The SMILES string of the molecule is CC(C)C(N)C(=O)NCCOCCN(C)C. The van der Waals surface area contributed by atoms with Crippen LogP contribution in [-0.4, -0.2) is 57.2 Å². The van der Waals surface area contributed by atoms with Crippen molar-refractivity contribution in [2.75, 3.05) is 40.4 Å². The van der Waals surface area contributed by atoms with Gasteiger partial charge in [0.1, 0.15) is 0 Å². The monoisotopic (exact) mass is 231 g/mol. The number of nitrogens with two attached hydrogens (primary N) is 1. The Hall–Kier alpha value is -0.650. The Morgan fingerprint density at radius 3 is 2.50 bits per heavy atom. The maximum atomic E-state index is 11.4. The van der Waals surface area contributed by atoms with E-state index in [4.69, 9.17) is 10.5 Å². The van der Waals surface area contributed by atoms with Gasteiger partial charge < -0.3 is 20.7 Å². The summed E-state index contributed by atoms with van der Waals surface area (Å²) in [5.41, 5.74) is 5.68. The third-order valence-corrected chi connectivity index (χ3v) is 2.25. The van der Waals surface area contributed by atoms with E-state index in [2.05, 4.69) is 5.32 Å². The molecular formula is C11H25N3O2. The highest BCUT2D eigenvalue weighted by atomic mass is 16.5. The molecule has 0 aliphatic rings. The molecule has 1 atom stereocenters. The maximum absolute atomic E-state index is 11.4. The van der Waals surface area contributed by atoms with Crippen LogP contribution in [0.15, 0.2) is 0 Å². The number of carbonyl (C=O) groups excluding carboxylic acids is 1. The minimum absolute atomic E-state index is 0.105. The van der Waals surface area contributed by atoms with E-state index in [1.165, 1.54) is 0 Å². The van der Waals surface area contributed by atoms with Crippen LogP contribution in [-0.2, 0) is 9.53 Å². The lowest BCUT2D eigenvalue weighted by molar-refractivity contribution is -0.123. The fraction of sp³-hybridized carbons (Fsp3) is 0.909. The van der Waals surface area contributed by atoms with Crippen LogP contribution in [0.2, 0.25) is 0 Å². The van der Waals surface area contributed by atoms with E-state index in [1.807, 2.05) is 32.8 Å². The van der Waals surface area contributed by atoms with Crippen LogP contribution in [0.4, 0.5) is 0 Å². The smallest absolute Gasteiger partial charge is 0.237 e. The number of hydrogen-bond acceptors (Lipinski definition) is 4. The van der Waals surface area contributed by atoms with Crippen molar-refractivity contribution in [2.45, 2.75) is 19.9 Å². The lowest BCUT2D eigenvalue weighted by Gasteiger charge is -2.15. The van der Waals surface area contributed by atoms with Gasteiger partial charge in [-0.1, -0.05) is 13.8 Å². The van der Waals surface area contributed by atoms with E-state index in [0.29, 0.717) is 19.8 Å². The fourth-order valence-corrected chi connectivity index (χ4v) is 1.02. The summed E-state index contributed by atoms with van der Waals surface area (Å²) < 4.78 is 5.34. The van der Waals surface area contributed by atoms with Gasteiger partial charge in [0.2, 0.25) is 5.91 Å². The molecule has 3 N–H and O–H groups in total. The van der Waals surface area contributed by atoms with Crippen LogP contribution < -0.4 is 11.1 Å². The number of nitrogens with zero attached hydrogens (tertiary/aromatic N) is 1. The normalized spacial score (nSPS) is 13.2.